The Labute approximate surface area is 212 Å². The van der Waals surface area contributed by atoms with Crippen molar-refractivity contribution < 1.29 is 39.0 Å². The zero-order valence-electron chi connectivity index (χ0n) is 18.5. The molecule has 3 rings (SSSR count). The maximum Gasteiger partial charge on any atom is 0.336 e. The van der Waals surface area contributed by atoms with Crippen LogP contribution in [0.2, 0.25) is 0 Å². The van der Waals surface area contributed by atoms with Gasteiger partial charge in [-0.3, -0.25) is 19.2 Å². The lowest BCUT2D eigenvalue weighted by molar-refractivity contribution is -0.134. The van der Waals surface area contributed by atoms with E-state index in [0.717, 1.165) is 31.2 Å². The van der Waals surface area contributed by atoms with E-state index in [4.69, 9.17) is 0 Å². The highest BCUT2D eigenvalue weighted by atomic mass is 79.9. The molecule has 0 saturated heterocycles. The summed E-state index contributed by atoms with van der Waals surface area (Å²) in [4.78, 5) is 77.0. The summed E-state index contributed by atoms with van der Waals surface area (Å²) in [5.74, 6) is -7.75. The van der Waals surface area contributed by atoms with E-state index in [2.05, 4.69) is 15.9 Å². The van der Waals surface area contributed by atoms with Crippen LogP contribution in [0.4, 0.5) is 0 Å². The number of aromatic carboxylic acids is 2. The van der Waals surface area contributed by atoms with Crippen LogP contribution in [0.3, 0.4) is 0 Å². The third kappa shape index (κ3) is 5.05. The van der Waals surface area contributed by atoms with E-state index >= 15 is 0 Å². The number of amides is 4. The molecule has 0 unspecified atom stereocenters. The number of carboxylic acids is 2. The van der Waals surface area contributed by atoms with Crippen molar-refractivity contribution in [3.63, 3.8) is 0 Å². The van der Waals surface area contributed by atoms with Crippen molar-refractivity contribution >= 4 is 51.5 Å². The molecule has 11 heteroatoms. The number of nitrogens with zero attached hydrogens (tertiary/aromatic N) is 2. The molecule has 3 aromatic rings. The predicted molar refractivity (Wildman–Crippen MR) is 128 cm³/mol. The summed E-state index contributed by atoms with van der Waals surface area (Å²) in [6.07, 6.45) is 0. The zero-order valence-corrected chi connectivity index (χ0v) is 20.1. The van der Waals surface area contributed by atoms with Crippen LogP contribution in [0.1, 0.15) is 58.7 Å². The third-order valence-corrected chi connectivity index (χ3v) is 5.65. The largest absolute Gasteiger partial charge is 0.478 e. The zero-order chi connectivity index (χ0) is 26.6. The summed E-state index contributed by atoms with van der Waals surface area (Å²) in [7, 11) is 0. The van der Waals surface area contributed by atoms with Crippen LogP contribution in [0.25, 0.3) is 0 Å². The van der Waals surface area contributed by atoms with E-state index in [9.17, 15) is 39.0 Å². The monoisotopic (exact) mass is 552 g/mol. The molecule has 0 aliphatic rings. The normalized spacial score (nSPS) is 10.3. The van der Waals surface area contributed by atoms with Gasteiger partial charge in [0.25, 0.3) is 17.7 Å². The fourth-order valence-electron chi connectivity index (χ4n) is 3.34. The SMILES string of the molecule is CC(=O)N(C(=O)c1ccccc1C(=O)O)N(C(=O)c1ccccc1Br)C(=O)c1ccccc1C(=O)O. The Kier molecular flexibility index (Phi) is 7.75. The molecule has 3 aromatic carbocycles. The summed E-state index contributed by atoms with van der Waals surface area (Å²) in [6.45, 7) is 0.901. The predicted octanol–water partition coefficient (Wildman–Crippen LogP) is 3.73. The van der Waals surface area contributed by atoms with Gasteiger partial charge < -0.3 is 10.2 Å². The minimum absolute atomic E-state index is 0.121. The van der Waals surface area contributed by atoms with E-state index in [-0.39, 0.29) is 20.1 Å². The second-order valence-electron chi connectivity index (χ2n) is 7.24. The smallest absolute Gasteiger partial charge is 0.336 e. The molecule has 0 saturated carbocycles. The highest BCUT2D eigenvalue weighted by Gasteiger charge is 2.39. The first-order chi connectivity index (χ1) is 17.1. The number of imide groups is 2. The van der Waals surface area contributed by atoms with Gasteiger partial charge in [0, 0.05) is 11.4 Å². The summed E-state index contributed by atoms with van der Waals surface area (Å²) in [5, 5.41) is 19.5. The van der Waals surface area contributed by atoms with E-state index in [0.29, 0.717) is 0 Å². The first kappa shape index (κ1) is 26.0. The molecule has 36 heavy (non-hydrogen) atoms. The highest BCUT2D eigenvalue weighted by molar-refractivity contribution is 9.10. The van der Waals surface area contributed by atoms with Gasteiger partial charge in [-0.2, -0.15) is 10.0 Å². The lowest BCUT2D eigenvalue weighted by Crippen LogP contribution is -2.55. The van der Waals surface area contributed by atoms with Crippen molar-refractivity contribution in [3.05, 3.63) is 105 Å². The average Bonchev–Trinajstić information content (AvgIpc) is 2.86. The van der Waals surface area contributed by atoms with Gasteiger partial charge in [-0.25, -0.2) is 9.59 Å². The number of benzene rings is 3. The molecule has 0 radical (unpaired) electrons. The first-order valence-corrected chi connectivity index (χ1v) is 11.0. The molecule has 0 aliphatic carbocycles. The van der Waals surface area contributed by atoms with Crippen LogP contribution in [-0.4, -0.2) is 55.8 Å². The van der Waals surface area contributed by atoms with Crippen LogP contribution in [0, 0.1) is 0 Å². The molecule has 0 atom stereocenters. The Morgan fingerprint density at radius 1 is 0.556 bits per heavy atom. The maximum atomic E-state index is 13.7. The lowest BCUT2D eigenvalue weighted by Gasteiger charge is -2.31. The summed E-state index contributed by atoms with van der Waals surface area (Å²) < 4.78 is 0.223. The van der Waals surface area contributed by atoms with E-state index < -0.39 is 57.8 Å². The van der Waals surface area contributed by atoms with Gasteiger partial charge in [-0.1, -0.05) is 36.4 Å². The van der Waals surface area contributed by atoms with E-state index in [1.165, 1.54) is 42.5 Å². The standard InChI is InChI=1S/C25H17BrN2O8/c1-14(29)27(21(30)15-8-2-4-10-17(15)24(33)34)28(23(32)19-12-6-7-13-20(19)26)22(31)16-9-3-5-11-18(16)25(35)36/h2-13H,1H3,(H,33,34)(H,35,36). The van der Waals surface area contributed by atoms with Crippen molar-refractivity contribution in [2.24, 2.45) is 0 Å². The molecule has 0 bridgehead atoms. The molecule has 0 aromatic heterocycles. The molecule has 10 nitrogen and oxygen atoms in total. The minimum atomic E-state index is -1.48. The van der Waals surface area contributed by atoms with Gasteiger partial charge in [0.05, 0.1) is 27.8 Å². The van der Waals surface area contributed by atoms with Gasteiger partial charge >= 0.3 is 11.9 Å². The van der Waals surface area contributed by atoms with Crippen molar-refractivity contribution in [2.45, 2.75) is 6.92 Å². The number of hydrogen-bond donors (Lipinski definition) is 2. The average molecular weight is 553 g/mol. The van der Waals surface area contributed by atoms with Gasteiger partial charge in [-0.15, -0.1) is 0 Å². The number of hydrazine groups is 1. The number of halogens is 1. The second kappa shape index (κ2) is 10.7. The fraction of sp³-hybridized carbons (Fsp3) is 0.0400. The Morgan fingerprint density at radius 3 is 1.28 bits per heavy atom. The fourth-order valence-corrected chi connectivity index (χ4v) is 3.79. The highest BCUT2D eigenvalue weighted by Crippen LogP contribution is 2.24. The van der Waals surface area contributed by atoms with Crippen molar-refractivity contribution in [1.82, 2.24) is 10.0 Å². The Hall–Kier alpha value is -4.64. The number of carbonyl (C=O) groups is 6. The summed E-state index contributed by atoms with van der Waals surface area (Å²) >= 11 is 3.19. The topological polar surface area (TPSA) is 149 Å². The molecule has 0 heterocycles. The maximum absolute atomic E-state index is 13.7. The quantitative estimate of drug-likeness (QED) is 0.359. The van der Waals surface area contributed by atoms with Gasteiger partial charge in [0.2, 0.25) is 5.91 Å². The minimum Gasteiger partial charge on any atom is -0.478 e. The molecule has 0 spiro atoms. The lowest BCUT2D eigenvalue weighted by atomic mass is 10.1. The van der Waals surface area contributed by atoms with Crippen LogP contribution in [-0.2, 0) is 4.79 Å². The van der Waals surface area contributed by atoms with E-state index in [1.54, 1.807) is 6.07 Å². The molecule has 4 amide bonds. The second-order valence-corrected chi connectivity index (χ2v) is 8.09. The summed E-state index contributed by atoms with van der Waals surface area (Å²) in [6, 6.07) is 15.8. The summed E-state index contributed by atoms with van der Waals surface area (Å²) in [5.41, 5.74) is -2.01. The molecule has 182 valence electrons. The number of hydrogen-bond acceptors (Lipinski definition) is 6. The molecular formula is C25H17BrN2O8. The third-order valence-electron chi connectivity index (χ3n) is 4.96. The van der Waals surface area contributed by atoms with Crippen molar-refractivity contribution in [3.8, 4) is 0 Å². The molecular weight excluding hydrogens is 536 g/mol. The Bertz CT molecular complexity index is 1420. The Morgan fingerprint density at radius 2 is 0.889 bits per heavy atom. The van der Waals surface area contributed by atoms with Gasteiger partial charge in [0.15, 0.2) is 0 Å². The number of carbonyl (C=O) groups excluding carboxylic acids is 4. The number of carboxylic acid groups (broad SMARTS) is 2. The van der Waals surface area contributed by atoms with Crippen LogP contribution in [0.15, 0.2) is 77.3 Å². The molecule has 2 N–H and O–H groups in total. The molecule has 0 aliphatic heterocycles. The van der Waals surface area contributed by atoms with E-state index in [1.807, 2.05) is 0 Å². The van der Waals surface area contributed by atoms with Crippen LogP contribution >= 0.6 is 15.9 Å². The van der Waals surface area contributed by atoms with Gasteiger partial charge in [0.1, 0.15) is 0 Å². The van der Waals surface area contributed by atoms with Gasteiger partial charge in [-0.05, 0) is 52.3 Å². The van der Waals surface area contributed by atoms with Crippen molar-refractivity contribution in [1.29, 1.82) is 0 Å². The van der Waals surface area contributed by atoms with Crippen LogP contribution < -0.4 is 0 Å². The Balaban J connectivity index is 2.27. The number of rotatable bonds is 5. The molecule has 0 fully saturated rings. The first-order valence-electron chi connectivity index (χ1n) is 10.2. The van der Waals surface area contributed by atoms with Crippen LogP contribution in [0.5, 0.6) is 0 Å². The van der Waals surface area contributed by atoms with Crippen molar-refractivity contribution in [2.75, 3.05) is 0 Å².